The molecule has 0 unspecified atom stereocenters. The van der Waals surface area contributed by atoms with Crippen LogP contribution in [0.25, 0.3) is 10.7 Å². The van der Waals surface area contributed by atoms with Crippen LogP contribution in [-0.4, -0.2) is 25.8 Å². The summed E-state index contributed by atoms with van der Waals surface area (Å²) in [4.78, 5) is 13.8. The molecule has 6 heteroatoms. The summed E-state index contributed by atoms with van der Waals surface area (Å²) >= 11 is 3.12. The van der Waals surface area contributed by atoms with Crippen molar-refractivity contribution < 1.29 is 4.79 Å². The molecule has 0 amide bonds. The van der Waals surface area contributed by atoms with Gasteiger partial charge in [-0.25, -0.2) is 0 Å². The Morgan fingerprint density at radius 1 is 1.20 bits per heavy atom. The lowest BCUT2D eigenvalue weighted by molar-refractivity contribution is 0.0994. The Labute approximate surface area is 156 Å². The highest BCUT2D eigenvalue weighted by molar-refractivity contribution is 8.00. The summed E-state index contributed by atoms with van der Waals surface area (Å²) < 4.78 is 2.07. The van der Waals surface area contributed by atoms with Gasteiger partial charge in [-0.15, -0.1) is 21.5 Å². The van der Waals surface area contributed by atoms with Crippen molar-refractivity contribution in [3.05, 3.63) is 52.9 Å². The Balaban J connectivity index is 1.78. The van der Waals surface area contributed by atoms with Crippen LogP contribution >= 0.6 is 23.1 Å². The summed E-state index contributed by atoms with van der Waals surface area (Å²) in [6.45, 7) is 6.88. The van der Waals surface area contributed by atoms with Crippen LogP contribution in [0.2, 0.25) is 0 Å². The Morgan fingerprint density at radius 2 is 1.96 bits per heavy atom. The molecule has 0 bridgehead atoms. The molecule has 0 fully saturated rings. The summed E-state index contributed by atoms with van der Waals surface area (Å²) in [5.74, 6) is 0.989. The van der Waals surface area contributed by atoms with Gasteiger partial charge in [0.1, 0.15) is 0 Å². The predicted octanol–water partition coefficient (Wildman–Crippen LogP) is 4.95. The maximum Gasteiger partial charge on any atom is 0.192 e. The number of ketones is 1. The zero-order chi connectivity index (χ0) is 17.8. The number of thioether (sulfide) groups is 1. The smallest absolute Gasteiger partial charge is 0.192 e. The number of hydrogen-bond donors (Lipinski definition) is 0. The number of aromatic nitrogens is 3. The number of thiophene rings is 1. The van der Waals surface area contributed by atoms with E-state index in [0.29, 0.717) is 0 Å². The molecule has 0 saturated carbocycles. The Bertz CT molecular complexity index is 838. The zero-order valence-electron chi connectivity index (χ0n) is 14.6. The zero-order valence-corrected chi connectivity index (χ0v) is 16.2. The first-order valence-electron chi connectivity index (χ1n) is 8.40. The molecule has 3 aromatic rings. The highest BCUT2D eigenvalue weighted by atomic mass is 32.2. The molecule has 0 aliphatic rings. The van der Waals surface area contributed by atoms with Crippen molar-refractivity contribution in [3.8, 4) is 10.7 Å². The maximum atomic E-state index is 12.7. The SMILES string of the molecule is CCc1ccc(C(=O)[C@H](C)Sc2nnc(-c3cccs3)n2CC)cc1. The van der Waals surface area contributed by atoms with Crippen molar-refractivity contribution in [2.24, 2.45) is 0 Å². The van der Waals surface area contributed by atoms with Crippen molar-refractivity contribution in [1.29, 1.82) is 0 Å². The van der Waals surface area contributed by atoms with Gasteiger partial charge in [-0.05, 0) is 37.3 Å². The predicted molar refractivity (Wildman–Crippen MR) is 104 cm³/mol. The number of rotatable bonds is 7. The van der Waals surface area contributed by atoms with Gasteiger partial charge in [0.25, 0.3) is 0 Å². The van der Waals surface area contributed by atoms with E-state index in [2.05, 4.69) is 28.6 Å². The van der Waals surface area contributed by atoms with Crippen LogP contribution in [-0.2, 0) is 13.0 Å². The van der Waals surface area contributed by atoms with Gasteiger partial charge >= 0.3 is 0 Å². The molecule has 2 aromatic heterocycles. The minimum Gasteiger partial charge on any atom is -0.302 e. The van der Waals surface area contributed by atoms with Crippen LogP contribution in [0.5, 0.6) is 0 Å². The standard InChI is InChI=1S/C19H21N3OS2/c1-4-14-8-10-15(11-9-14)17(23)13(3)25-19-21-20-18(22(19)5-2)16-7-6-12-24-16/h6-13H,4-5H2,1-3H3/t13-/m0/s1. The second-order valence-electron chi connectivity index (χ2n) is 5.70. The Hall–Kier alpha value is -1.92. The summed E-state index contributed by atoms with van der Waals surface area (Å²) in [6, 6.07) is 11.9. The molecule has 3 rings (SSSR count). The van der Waals surface area contributed by atoms with Crippen molar-refractivity contribution in [1.82, 2.24) is 14.8 Å². The van der Waals surface area contributed by atoms with Gasteiger partial charge in [-0.2, -0.15) is 0 Å². The summed E-state index contributed by atoms with van der Waals surface area (Å²) in [5.41, 5.74) is 1.99. The fourth-order valence-corrected chi connectivity index (χ4v) is 4.31. The van der Waals surface area contributed by atoms with E-state index in [1.54, 1.807) is 11.3 Å². The van der Waals surface area contributed by atoms with Gasteiger partial charge in [0.05, 0.1) is 10.1 Å². The largest absolute Gasteiger partial charge is 0.302 e. The van der Waals surface area contributed by atoms with Crippen LogP contribution < -0.4 is 0 Å². The lowest BCUT2D eigenvalue weighted by Crippen LogP contribution is -2.14. The first kappa shape index (κ1) is 17.9. The molecule has 25 heavy (non-hydrogen) atoms. The van der Waals surface area contributed by atoms with E-state index in [9.17, 15) is 4.79 Å². The molecule has 0 aliphatic heterocycles. The highest BCUT2D eigenvalue weighted by Crippen LogP contribution is 2.30. The van der Waals surface area contributed by atoms with Crippen molar-refractivity contribution in [2.75, 3.05) is 0 Å². The molecule has 0 aliphatic carbocycles. The van der Waals surface area contributed by atoms with Crippen LogP contribution in [0.3, 0.4) is 0 Å². The van der Waals surface area contributed by atoms with Crippen LogP contribution in [0.1, 0.15) is 36.7 Å². The number of aryl methyl sites for hydroxylation is 1. The van der Waals surface area contributed by atoms with Crippen molar-refractivity contribution in [3.63, 3.8) is 0 Å². The number of Topliss-reactive ketones (excluding diaryl/α,β-unsaturated/α-hetero) is 1. The van der Waals surface area contributed by atoms with E-state index in [0.717, 1.165) is 34.4 Å². The monoisotopic (exact) mass is 371 g/mol. The first-order chi connectivity index (χ1) is 12.1. The van der Waals surface area contributed by atoms with E-state index >= 15 is 0 Å². The molecular weight excluding hydrogens is 350 g/mol. The van der Waals surface area contributed by atoms with Crippen LogP contribution in [0.15, 0.2) is 46.9 Å². The van der Waals surface area contributed by atoms with Gasteiger partial charge in [0.2, 0.25) is 0 Å². The van der Waals surface area contributed by atoms with E-state index in [1.165, 1.54) is 17.3 Å². The van der Waals surface area contributed by atoms with Crippen molar-refractivity contribution in [2.45, 2.75) is 44.1 Å². The maximum absolute atomic E-state index is 12.7. The Morgan fingerprint density at radius 3 is 2.56 bits per heavy atom. The van der Waals surface area contributed by atoms with Crippen LogP contribution in [0, 0.1) is 0 Å². The fourth-order valence-electron chi connectivity index (χ4n) is 2.60. The molecule has 0 saturated heterocycles. The van der Waals surface area contributed by atoms with Crippen LogP contribution in [0.4, 0.5) is 0 Å². The number of hydrogen-bond acceptors (Lipinski definition) is 5. The second-order valence-corrected chi connectivity index (χ2v) is 7.96. The minimum absolute atomic E-state index is 0.121. The first-order valence-corrected chi connectivity index (χ1v) is 10.2. The number of carbonyl (C=O) groups excluding carboxylic acids is 1. The third kappa shape index (κ3) is 3.85. The quantitative estimate of drug-likeness (QED) is 0.435. The second kappa shape index (κ2) is 7.97. The minimum atomic E-state index is -0.210. The van der Waals surface area contributed by atoms with Crippen molar-refractivity contribution >= 4 is 28.9 Å². The van der Waals surface area contributed by atoms with Gasteiger partial charge in [-0.3, -0.25) is 4.79 Å². The topological polar surface area (TPSA) is 47.8 Å². The van der Waals surface area contributed by atoms with E-state index in [-0.39, 0.29) is 11.0 Å². The summed E-state index contributed by atoms with van der Waals surface area (Å²) in [6.07, 6.45) is 0.976. The molecule has 0 radical (unpaired) electrons. The van der Waals surface area contributed by atoms with Gasteiger partial charge in [0, 0.05) is 12.1 Å². The fraction of sp³-hybridized carbons (Fsp3) is 0.316. The lowest BCUT2D eigenvalue weighted by atomic mass is 10.1. The average Bonchev–Trinajstić information content (AvgIpc) is 3.30. The molecule has 130 valence electrons. The summed E-state index contributed by atoms with van der Waals surface area (Å²) in [7, 11) is 0. The third-order valence-corrected chi connectivity index (χ3v) is 6.02. The van der Waals surface area contributed by atoms with E-state index in [4.69, 9.17) is 0 Å². The van der Waals surface area contributed by atoms with Gasteiger partial charge in [0.15, 0.2) is 16.8 Å². The van der Waals surface area contributed by atoms with E-state index in [1.807, 2.05) is 48.7 Å². The average molecular weight is 372 g/mol. The third-order valence-electron chi connectivity index (χ3n) is 4.07. The lowest BCUT2D eigenvalue weighted by Gasteiger charge is -2.11. The number of benzene rings is 1. The van der Waals surface area contributed by atoms with Gasteiger partial charge < -0.3 is 4.57 Å². The normalized spacial score (nSPS) is 12.3. The highest BCUT2D eigenvalue weighted by Gasteiger charge is 2.21. The number of nitrogens with zero attached hydrogens (tertiary/aromatic N) is 3. The number of carbonyl (C=O) groups is 1. The Kier molecular flexibility index (Phi) is 5.71. The molecule has 1 atom stereocenters. The molecule has 0 spiro atoms. The van der Waals surface area contributed by atoms with E-state index < -0.39 is 0 Å². The molecular formula is C19H21N3OS2. The molecule has 1 aromatic carbocycles. The molecule has 4 nitrogen and oxygen atoms in total. The molecule has 2 heterocycles. The van der Waals surface area contributed by atoms with Gasteiger partial charge in [-0.1, -0.05) is 49.0 Å². The molecule has 0 N–H and O–H groups in total. The summed E-state index contributed by atoms with van der Waals surface area (Å²) in [5, 5.41) is 11.3.